The highest BCUT2D eigenvalue weighted by Crippen LogP contribution is 2.25. The Morgan fingerprint density at radius 2 is 2.21 bits per heavy atom. The minimum atomic E-state index is -1.39. The van der Waals surface area contributed by atoms with Crippen LogP contribution in [0.4, 0.5) is 4.39 Å². The lowest BCUT2D eigenvalue weighted by atomic mass is 9.91. The summed E-state index contributed by atoms with van der Waals surface area (Å²) in [5, 5.41) is 2.71. The molecule has 0 bridgehead atoms. The quantitative estimate of drug-likeness (QED) is 0.360. The molecule has 182 valence electrons. The number of hydrogen-bond donors (Lipinski definition) is 2. The summed E-state index contributed by atoms with van der Waals surface area (Å²) in [6.45, 7) is 8.36. The third-order valence-corrected chi connectivity index (χ3v) is 5.59. The largest absolute Gasteiger partial charge is 0.465 e. The molecule has 6 nitrogen and oxygen atoms in total. The van der Waals surface area contributed by atoms with Crippen LogP contribution in [-0.2, 0) is 20.7 Å². The number of carbonyl (C=O) groups is 2. The number of benzene rings is 1. The van der Waals surface area contributed by atoms with Crippen LogP contribution in [-0.4, -0.2) is 43.5 Å². The molecular formula is C27H34FN3O3. The van der Waals surface area contributed by atoms with E-state index in [2.05, 4.69) is 29.5 Å². The topological polar surface area (TPSA) is 93.8 Å². The van der Waals surface area contributed by atoms with Crippen LogP contribution in [0.2, 0.25) is 0 Å². The summed E-state index contributed by atoms with van der Waals surface area (Å²) in [6.07, 6.45) is 7.54. The molecule has 1 aliphatic heterocycles. The maximum Gasteiger partial charge on any atom is 0.310 e. The maximum absolute atomic E-state index is 14.1. The first-order valence-corrected chi connectivity index (χ1v) is 11.5. The predicted molar refractivity (Wildman–Crippen MR) is 134 cm³/mol. The zero-order chi connectivity index (χ0) is 24.9. The number of rotatable bonds is 12. The molecule has 0 saturated carbocycles. The zero-order valence-corrected chi connectivity index (χ0v) is 19.9. The normalized spacial score (nSPS) is 19.1. The summed E-state index contributed by atoms with van der Waals surface area (Å²) in [5.41, 5.74) is 11.0. The Morgan fingerprint density at radius 1 is 1.41 bits per heavy atom. The van der Waals surface area contributed by atoms with Crippen LogP contribution in [0.5, 0.6) is 0 Å². The van der Waals surface area contributed by atoms with Crippen molar-refractivity contribution in [3.63, 3.8) is 0 Å². The van der Waals surface area contributed by atoms with E-state index in [1.807, 2.05) is 37.3 Å². The number of aliphatic imine (C=N–C) groups is 1. The van der Waals surface area contributed by atoms with Crippen molar-refractivity contribution < 1.29 is 18.7 Å². The number of amides is 1. The molecule has 0 saturated heterocycles. The molecule has 2 rings (SSSR count). The fraction of sp³-hybridized carbons (Fsp3) is 0.407. The SMILES string of the molecule is C=C=CC(C/C(=C/CN)c1cccc(CC(=O)OCC(C)CC)c1)C(=O)NC1C=CN=C[C@H]1F. The number of nitrogens with two attached hydrogens (primary N) is 1. The number of alkyl halides is 1. The van der Waals surface area contributed by atoms with Crippen molar-refractivity contribution in [1.29, 1.82) is 0 Å². The van der Waals surface area contributed by atoms with Crippen LogP contribution in [0.1, 0.15) is 37.8 Å². The van der Waals surface area contributed by atoms with Gasteiger partial charge in [0.05, 0.1) is 25.0 Å². The molecule has 0 radical (unpaired) electrons. The van der Waals surface area contributed by atoms with E-state index < -0.39 is 18.1 Å². The van der Waals surface area contributed by atoms with Crippen LogP contribution in [0, 0.1) is 11.8 Å². The van der Waals surface area contributed by atoms with Crippen molar-refractivity contribution in [2.75, 3.05) is 13.2 Å². The highest BCUT2D eigenvalue weighted by Gasteiger charge is 2.25. The Morgan fingerprint density at radius 3 is 2.88 bits per heavy atom. The third-order valence-electron chi connectivity index (χ3n) is 5.59. The van der Waals surface area contributed by atoms with Gasteiger partial charge in [-0.3, -0.25) is 14.6 Å². The van der Waals surface area contributed by atoms with Crippen LogP contribution in [0.25, 0.3) is 5.57 Å². The molecule has 1 aliphatic rings. The average Bonchev–Trinajstić information content (AvgIpc) is 2.83. The van der Waals surface area contributed by atoms with Gasteiger partial charge >= 0.3 is 5.97 Å². The second-order valence-electron chi connectivity index (χ2n) is 8.34. The third kappa shape index (κ3) is 8.58. The highest BCUT2D eigenvalue weighted by atomic mass is 19.1. The molecule has 7 heteroatoms. The molecule has 3 unspecified atom stereocenters. The number of allylic oxidation sites excluding steroid dienone is 1. The minimum absolute atomic E-state index is 0.157. The van der Waals surface area contributed by atoms with Crippen molar-refractivity contribution in [3.8, 4) is 0 Å². The maximum atomic E-state index is 14.1. The Hall–Kier alpha value is -3.28. The lowest BCUT2D eigenvalue weighted by Crippen LogP contribution is -2.44. The molecule has 34 heavy (non-hydrogen) atoms. The Bertz CT molecular complexity index is 979. The Labute approximate surface area is 201 Å². The van der Waals surface area contributed by atoms with E-state index in [4.69, 9.17) is 10.5 Å². The van der Waals surface area contributed by atoms with Crippen molar-refractivity contribution in [3.05, 3.63) is 72.1 Å². The van der Waals surface area contributed by atoms with Crippen molar-refractivity contribution in [2.24, 2.45) is 22.6 Å². The van der Waals surface area contributed by atoms with Crippen LogP contribution >= 0.6 is 0 Å². The monoisotopic (exact) mass is 467 g/mol. The van der Waals surface area contributed by atoms with Gasteiger partial charge in [-0.1, -0.05) is 57.2 Å². The van der Waals surface area contributed by atoms with E-state index >= 15 is 0 Å². The number of nitrogens with zero attached hydrogens (tertiary/aromatic N) is 1. The summed E-state index contributed by atoms with van der Waals surface area (Å²) in [4.78, 5) is 28.9. The smallest absolute Gasteiger partial charge is 0.310 e. The van der Waals surface area contributed by atoms with Gasteiger partial charge in [-0.15, -0.1) is 5.73 Å². The van der Waals surface area contributed by atoms with Gasteiger partial charge in [0.2, 0.25) is 5.91 Å². The molecule has 4 atom stereocenters. The molecule has 3 N–H and O–H groups in total. The molecule has 0 aromatic heterocycles. The first kappa shape index (κ1) is 27.0. The number of halogens is 1. The van der Waals surface area contributed by atoms with Gasteiger partial charge in [-0.05, 0) is 41.2 Å². The first-order chi connectivity index (χ1) is 16.4. The lowest BCUT2D eigenvalue weighted by Gasteiger charge is -2.22. The number of esters is 1. The number of ether oxygens (including phenoxy) is 1. The van der Waals surface area contributed by atoms with Gasteiger partial charge in [-0.2, -0.15) is 0 Å². The fourth-order valence-electron chi connectivity index (χ4n) is 3.39. The fourth-order valence-corrected chi connectivity index (χ4v) is 3.39. The van der Waals surface area contributed by atoms with Gasteiger partial charge in [0.1, 0.15) is 0 Å². The molecule has 1 aromatic carbocycles. The van der Waals surface area contributed by atoms with Crippen LogP contribution in [0.15, 0.2) is 66.0 Å². The van der Waals surface area contributed by atoms with Crippen LogP contribution < -0.4 is 11.1 Å². The number of carbonyl (C=O) groups excluding carboxylic acids is 2. The minimum Gasteiger partial charge on any atom is -0.465 e. The Kier molecular flexibility index (Phi) is 11.2. The van der Waals surface area contributed by atoms with Gasteiger partial charge in [-0.25, -0.2) is 4.39 Å². The molecule has 1 amide bonds. The van der Waals surface area contributed by atoms with Crippen molar-refractivity contribution >= 4 is 23.7 Å². The predicted octanol–water partition coefficient (Wildman–Crippen LogP) is 3.93. The Balaban J connectivity index is 2.13. The number of nitrogens with one attached hydrogen (secondary N) is 1. The lowest BCUT2D eigenvalue weighted by molar-refractivity contribution is -0.144. The van der Waals surface area contributed by atoms with E-state index in [1.165, 1.54) is 12.3 Å². The van der Waals surface area contributed by atoms with Crippen LogP contribution in [0.3, 0.4) is 0 Å². The van der Waals surface area contributed by atoms with E-state index in [0.717, 1.165) is 29.3 Å². The summed E-state index contributed by atoms with van der Waals surface area (Å²) in [5.74, 6) is -0.937. The molecular weight excluding hydrogens is 433 g/mol. The second kappa shape index (κ2) is 14.1. The summed E-state index contributed by atoms with van der Waals surface area (Å²) in [6, 6.07) is 6.74. The molecule has 0 fully saturated rings. The molecule has 1 aromatic rings. The first-order valence-electron chi connectivity index (χ1n) is 11.5. The van der Waals surface area contributed by atoms with E-state index in [9.17, 15) is 14.0 Å². The number of hydrogen-bond acceptors (Lipinski definition) is 5. The van der Waals surface area contributed by atoms with Gasteiger partial charge in [0.25, 0.3) is 0 Å². The molecule has 0 spiro atoms. The van der Waals surface area contributed by atoms with Crippen molar-refractivity contribution in [2.45, 2.75) is 45.3 Å². The van der Waals surface area contributed by atoms with E-state index in [1.54, 1.807) is 6.08 Å². The average molecular weight is 468 g/mol. The summed E-state index contributed by atoms with van der Waals surface area (Å²) >= 11 is 0. The molecule has 1 heterocycles. The van der Waals surface area contributed by atoms with Crippen molar-refractivity contribution in [1.82, 2.24) is 5.32 Å². The highest BCUT2D eigenvalue weighted by molar-refractivity contribution is 5.84. The molecule has 0 aliphatic carbocycles. The van der Waals surface area contributed by atoms with E-state index in [-0.39, 0.29) is 24.8 Å². The van der Waals surface area contributed by atoms with Gasteiger partial charge < -0.3 is 15.8 Å². The van der Waals surface area contributed by atoms with Gasteiger partial charge in [0, 0.05) is 19.0 Å². The summed E-state index contributed by atoms with van der Waals surface area (Å²) < 4.78 is 19.4. The van der Waals surface area contributed by atoms with Gasteiger partial charge in [0.15, 0.2) is 6.17 Å². The zero-order valence-electron chi connectivity index (χ0n) is 19.9. The second-order valence-corrected chi connectivity index (χ2v) is 8.34. The summed E-state index contributed by atoms with van der Waals surface area (Å²) in [7, 11) is 0. The van der Waals surface area contributed by atoms with E-state index in [0.29, 0.717) is 18.9 Å². The standard InChI is InChI=1S/C27H34FN3O3/c1-4-7-23(27(33)31-25-11-13-30-17-24(25)28)16-22(10-12-29)21-9-6-8-20(14-21)15-26(32)34-18-19(3)5-2/h6-11,13-14,17,19,23-25H,1,5,12,15-16,18,29H2,2-3H3,(H,31,33)/b22-10-/t19?,23?,24-,25?/m1/s1.